The number of nitrogens with one attached hydrogen (secondary N) is 1. The molecule has 1 aliphatic heterocycles. The van der Waals surface area contributed by atoms with E-state index in [0.29, 0.717) is 12.2 Å². The quantitative estimate of drug-likeness (QED) is 0.807. The van der Waals surface area contributed by atoms with Crippen LogP contribution in [0.5, 0.6) is 0 Å². The normalized spacial score (nSPS) is 23.8. The van der Waals surface area contributed by atoms with Crippen molar-refractivity contribution in [3.05, 3.63) is 18.1 Å². The minimum Gasteiger partial charge on any atom is -0.373 e. The van der Waals surface area contributed by atoms with Crippen LogP contribution in [-0.4, -0.2) is 53.3 Å². The second-order valence-corrected chi connectivity index (χ2v) is 5.70. The molecule has 20 heavy (non-hydrogen) atoms. The van der Waals surface area contributed by atoms with E-state index >= 15 is 0 Å². The van der Waals surface area contributed by atoms with E-state index < -0.39 is 0 Å². The molecule has 5 heteroatoms. The maximum atomic E-state index is 5.74. The molecule has 1 saturated heterocycles. The van der Waals surface area contributed by atoms with Crippen molar-refractivity contribution in [2.45, 2.75) is 45.8 Å². The van der Waals surface area contributed by atoms with E-state index in [9.17, 15) is 0 Å². The maximum absolute atomic E-state index is 5.74. The van der Waals surface area contributed by atoms with E-state index in [1.54, 1.807) is 6.33 Å². The summed E-state index contributed by atoms with van der Waals surface area (Å²) in [6.45, 7) is 10.5. The smallest absolute Gasteiger partial charge is 0.129 e. The van der Waals surface area contributed by atoms with E-state index in [1.807, 2.05) is 13.0 Å². The van der Waals surface area contributed by atoms with Crippen LogP contribution in [0.1, 0.15) is 32.4 Å². The van der Waals surface area contributed by atoms with Gasteiger partial charge in [-0.25, -0.2) is 9.97 Å². The zero-order chi connectivity index (χ0) is 14.4. The number of anilines is 1. The molecule has 1 N–H and O–H groups in total. The molecule has 1 aliphatic rings. The molecule has 0 saturated carbocycles. The van der Waals surface area contributed by atoms with Crippen molar-refractivity contribution in [1.29, 1.82) is 0 Å². The zero-order valence-electron chi connectivity index (χ0n) is 12.8. The van der Waals surface area contributed by atoms with Crippen LogP contribution in [0.3, 0.4) is 0 Å². The Balaban J connectivity index is 1.59. The van der Waals surface area contributed by atoms with Gasteiger partial charge in [-0.15, -0.1) is 0 Å². The van der Waals surface area contributed by atoms with Crippen LogP contribution in [0.25, 0.3) is 0 Å². The second-order valence-electron chi connectivity index (χ2n) is 5.70. The van der Waals surface area contributed by atoms with Crippen LogP contribution in [0, 0.1) is 6.92 Å². The predicted octanol–water partition coefficient (Wildman–Crippen LogP) is 2.09. The molecular formula is C15H26N4O. The lowest BCUT2D eigenvalue weighted by Gasteiger charge is -2.35. The number of aryl methyl sites for hydroxylation is 1. The Morgan fingerprint density at radius 2 is 2.00 bits per heavy atom. The minimum atomic E-state index is 0.362. The van der Waals surface area contributed by atoms with Crippen LogP contribution in [0.15, 0.2) is 12.4 Å². The van der Waals surface area contributed by atoms with Crippen molar-refractivity contribution >= 4 is 5.82 Å². The van der Waals surface area contributed by atoms with Crippen LogP contribution in [0.2, 0.25) is 0 Å². The molecule has 1 fully saturated rings. The van der Waals surface area contributed by atoms with Gasteiger partial charge in [0.25, 0.3) is 0 Å². The van der Waals surface area contributed by atoms with Crippen molar-refractivity contribution in [2.24, 2.45) is 0 Å². The molecule has 2 rings (SSSR count). The predicted molar refractivity (Wildman–Crippen MR) is 80.9 cm³/mol. The number of nitrogens with zero attached hydrogens (tertiary/aromatic N) is 3. The van der Waals surface area contributed by atoms with Gasteiger partial charge in [0, 0.05) is 31.4 Å². The molecule has 2 unspecified atom stereocenters. The first-order valence-electron chi connectivity index (χ1n) is 7.54. The first kappa shape index (κ1) is 15.2. The number of rotatable bonds is 6. The fourth-order valence-electron chi connectivity index (χ4n) is 2.70. The lowest BCUT2D eigenvalue weighted by atomic mass is 10.2. The average molecular weight is 278 g/mol. The third-order valence-electron chi connectivity index (χ3n) is 3.51. The number of unbranched alkanes of at least 4 members (excludes halogenated alkanes) is 1. The largest absolute Gasteiger partial charge is 0.373 e. The Hall–Kier alpha value is -1.20. The van der Waals surface area contributed by atoms with E-state index in [4.69, 9.17) is 4.74 Å². The van der Waals surface area contributed by atoms with E-state index in [2.05, 4.69) is 34.0 Å². The lowest BCUT2D eigenvalue weighted by molar-refractivity contribution is -0.0681. The highest BCUT2D eigenvalue weighted by molar-refractivity contribution is 5.33. The zero-order valence-corrected chi connectivity index (χ0v) is 12.8. The van der Waals surface area contributed by atoms with Crippen LogP contribution < -0.4 is 5.32 Å². The standard InChI is InChI=1S/C15H26N4O/c1-12-8-15(18-11-17-12)16-6-4-5-7-19-9-13(2)20-14(3)10-19/h8,11,13-14H,4-7,9-10H2,1-3H3,(H,16,17,18). The summed E-state index contributed by atoms with van der Waals surface area (Å²) in [6.07, 6.45) is 4.69. The molecule has 1 aromatic heterocycles. The summed E-state index contributed by atoms with van der Waals surface area (Å²) in [5.74, 6) is 0.922. The number of ether oxygens (including phenoxy) is 1. The van der Waals surface area contributed by atoms with Crippen molar-refractivity contribution < 1.29 is 4.74 Å². The molecule has 0 amide bonds. The number of hydrogen-bond acceptors (Lipinski definition) is 5. The minimum absolute atomic E-state index is 0.362. The summed E-state index contributed by atoms with van der Waals surface area (Å²) in [5, 5.41) is 3.35. The summed E-state index contributed by atoms with van der Waals surface area (Å²) >= 11 is 0. The van der Waals surface area contributed by atoms with Crippen molar-refractivity contribution in [1.82, 2.24) is 14.9 Å². The van der Waals surface area contributed by atoms with E-state index in [0.717, 1.165) is 44.1 Å². The molecule has 0 radical (unpaired) electrons. The van der Waals surface area contributed by atoms with Crippen LogP contribution in [-0.2, 0) is 4.74 Å². The summed E-state index contributed by atoms with van der Waals surface area (Å²) in [7, 11) is 0. The van der Waals surface area contributed by atoms with Crippen molar-refractivity contribution in [2.75, 3.05) is 31.5 Å². The topological polar surface area (TPSA) is 50.3 Å². The van der Waals surface area contributed by atoms with Crippen molar-refractivity contribution in [3.8, 4) is 0 Å². The summed E-state index contributed by atoms with van der Waals surface area (Å²) in [4.78, 5) is 10.8. The highest BCUT2D eigenvalue weighted by atomic mass is 16.5. The molecule has 0 aliphatic carbocycles. The Morgan fingerprint density at radius 1 is 1.25 bits per heavy atom. The molecule has 2 heterocycles. The van der Waals surface area contributed by atoms with Gasteiger partial charge in [-0.05, 0) is 40.2 Å². The number of hydrogen-bond donors (Lipinski definition) is 1. The van der Waals surface area contributed by atoms with Gasteiger partial charge in [-0.1, -0.05) is 0 Å². The van der Waals surface area contributed by atoms with Crippen LogP contribution in [0.4, 0.5) is 5.82 Å². The molecule has 2 atom stereocenters. The monoisotopic (exact) mass is 278 g/mol. The highest BCUT2D eigenvalue weighted by Crippen LogP contribution is 2.11. The van der Waals surface area contributed by atoms with Gasteiger partial charge in [-0.2, -0.15) is 0 Å². The van der Waals surface area contributed by atoms with Gasteiger partial charge in [0.1, 0.15) is 12.1 Å². The first-order chi connectivity index (χ1) is 9.63. The fourth-order valence-corrected chi connectivity index (χ4v) is 2.70. The first-order valence-corrected chi connectivity index (χ1v) is 7.54. The van der Waals surface area contributed by atoms with E-state index in [1.165, 1.54) is 6.42 Å². The van der Waals surface area contributed by atoms with Gasteiger partial charge in [0.15, 0.2) is 0 Å². The number of aromatic nitrogens is 2. The van der Waals surface area contributed by atoms with Gasteiger partial charge in [0.2, 0.25) is 0 Å². The lowest BCUT2D eigenvalue weighted by Crippen LogP contribution is -2.45. The van der Waals surface area contributed by atoms with Gasteiger partial charge >= 0.3 is 0 Å². The summed E-state index contributed by atoms with van der Waals surface area (Å²) in [5.41, 5.74) is 0.999. The van der Waals surface area contributed by atoms with E-state index in [-0.39, 0.29) is 0 Å². The highest BCUT2D eigenvalue weighted by Gasteiger charge is 2.21. The molecule has 0 spiro atoms. The maximum Gasteiger partial charge on any atom is 0.129 e. The molecule has 5 nitrogen and oxygen atoms in total. The fraction of sp³-hybridized carbons (Fsp3) is 0.733. The molecule has 0 bridgehead atoms. The summed E-state index contributed by atoms with van der Waals surface area (Å²) in [6, 6.07) is 1.98. The van der Waals surface area contributed by atoms with Gasteiger partial charge < -0.3 is 10.1 Å². The molecular weight excluding hydrogens is 252 g/mol. The molecule has 1 aromatic rings. The van der Waals surface area contributed by atoms with Gasteiger partial charge in [-0.3, -0.25) is 4.90 Å². The third-order valence-corrected chi connectivity index (χ3v) is 3.51. The molecule has 112 valence electrons. The number of morpholine rings is 1. The van der Waals surface area contributed by atoms with Crippen LogP contribution >= 0.6 is 0 Å². The Bertz CT molecular complexity index is 403. The average Bonchev–Trinajstić information content (AvgIpc) is 2.37. The second kappa shape index (κ2) is 7.55. The summed E-state index contributed by atoms with van der Waals surface area (Å²) < 4.78 is 5.74. The Kier molecular flexibility index (Phi) is 5.73. The van der Waals surface area contributed by atoms with Gasteiger partial charge in [0.05, 0.1) is 12.2 Å². The Labute approximate surface area is 121 Å². The third kappa shape index (κ3) is 5.06. The molecule has 0 aromatic carbocycles. The van der Waals surface area contributed by atoms with Crippen molar-refractivity contribution in [3.63, 3.8) is 0 Å². The Morgan fingerprint density at radius 3 is 2.70 bits per heavy atom. The SMILES string of the molecule is Cc1cc(NCCCCN2CC(C)OC(C)C2)ncn1.